The van der Waals surface area contributed by atoms with Gasteiger partial charge in [0, 0.05) is 6.20 Å². The van der Waals surface area contributed by atoms with Gasteiger partial charge in [0.15, 0.2) is 0 Å². The van der Waals surface area contributed by atoms with Gasteiger partial charge in [-0.3, -0.25) is 4.79 Å². The highest BCUT2D eigenvalue weighted by Gasteiger charge is 2.02. The Kier molecular flexibility index (Phi) is 4.74. The molecule has 1 N–H and O–H groups in total. The van der Waals surface area contributed by atoms with Gasteiger partial charge >= 0.3 is 0 Å². The van der Waals surface area contributed by atoms with Crippen LogP contribution in [0, 0.1) is 6.92 Å². The highest BCUT2D eigenvalue weighted by atomic mass is 32.2. The lowest BCUT2D eigenvalue weighted by molar-refractivity contribution is -0.118. The van der Waals surface area contributed by atoms with Gasteiger partial charge < -0.3 is 4.42 Å². The van der Waals surface area contributed by atoms with Gasteiger partial charge in [-0.2, -0.15) is 5.10 Å². The predicted molar refractivity (Wildman–Crippen MR) is 74.1 cm³/mol. The molecule has 2 aromatic rings. The third-order valence-electron chi connectivity index (χ3n) is 2.26. The van der Waals surface area contributed by atoms with Gasteiger partial charge in [-0.05, 0) is 30.7 Å². The second-order valence-electron chi connectivity index (χ2n) is 3.72. The lowest BCUT2D eigenvalue weighted by atomic mass is 10.3. The number of carbonyl (C=O) groups excluding carboxylic acids is 1. The van der Waals surface area contributed by atoms with Crippen LogP contribution < -0.4 is 5.43 Å². The molecule has 0 aromatic carbocycles. The monoisotopic (exact) mass is 275 g/mol. The van der Waals surface area contributed by atoms with Gasteiger partial charge in [-0.25, -0.2) is 10.4 Å². The first-order valence-electron chi connectivity index (χ1n) is 5.65. The van der Waals surface area contributed by atoms with Crippen molar-refractivity contribution in [1.29, 1.82) is 0 Å². The summed E-state index contributed by atoms with van der Waals surface area (Å²) >= 11 is 1.36. The summed E-state index contributed by atoms with van der Waals surface area (Å²) < 4.78 is 5.16. The van der Waals surface area contributed by atoms with Crippen molar-refractivity contribution in [2.75, 3.05) is 5.75 Å². The van der Waals surface area contributed by atoms with Crippen molar-refractivity contribution in [2.45, 2.75) is 11.9 Å². The minimum absolute atomic E-state index is 0.184. The van der Waals surface area contributed by atoms with E-state index in [-0.39, 0.29) is 11.7 Å². The molecule has 98 valence electrons. The number of amides is 1. The lowest BCUT2D eigenvalue weighted by Gasteiger charge is -1.99. The second-order valence-corrected chi connectivity index (χ2v) is 4.71. The van der Waals surface area contributed by atoms with E-state index in [1.54, 1.807) is 12.5 Å². The van der Waals surface area contributed by atoms with Crippen molar-refractivity contribution in [2.24, 2.45) is 5.10 Å². The third-order valence-corrected chi connectivity index (χ3v) is 3.21. The highest BCUT2D eigenvalue weighted by molar-refractivity contribution is 7.99. The van der Waals surface area contributed by atoms with Gasteiger partial charge in [0.05, 0.1) is 23.3 Å². The smallest absolute Gasteiger partial charge is 0.250 e. The summed E-state index contributed by atoms with van der Waals surface area (Å²) in [5.41, 5.74) is 3.41. The Hall–Kier alpha value is -2.08. The molecule has 1 amide bonds. The van der Waals surface area contributed by atoms with Crippen LogP contribution in [0.2, 0.25) is 0 Å². The molecule has 2 aromatic heterocycles. The van der Waals surface area contributed by atoms with E-state index in [1.807, 2.05) is 31.2 Å². The molecule has 0 saturated heterocycles. The van der Waals surface area contributed by atoms with E-state index >= 15 is 0 Å². The van der Waals surface area contributed by atoms with Crippen molar-refractivity contribution >= 4 is 23.9 Å². The molecule has 0 fully saturated rings. The third kappa shape index (κ3) is 4.26. The van der Waals surface area contributed by atoms with E-state index in [0.29, 0.717) is 5.76 Å². The maximum absolute atomic E-state index is 11.5. The Labute approximate surface area is 115 Å². The van der Waals surface area contributed by atoms with E-state index in [4.69, 9.17) is 4.42 Å². The van der Waals surface area contributed by atoms with Gasteiger partial charge in [-0.1, -0.05) is 17.8 Å². The molecule has 0 bridgehead atoms. The zero-order valence-corrected chi connectivity index (χ0v) is 11.2. The first-order chi connectivity index (χ1) is 9.25. The number of nitrogens with one attached hydrogen (secondary N) is 1. The molecule has 0 unspecified atom stereocenters. The lowest BCUT2D eigenvalue weighted by Crippen LogP contribution is -2.19. The molecule has 0 saturated carbocycles. The summed E-state index contributed by atoms with van der Waals surface area (Å²) in [4.78, 5) is 15.6. The number of pyridine rings is 1. The number of hydrogen-bond donors (Lipinski definition) is 1. The molecular weight excluding hydrogens is 262 g/mol. The average molecular weight is 275 g/mol. The van der Waals surface area contributed by atoms with E-state index in [9.17, 15) is 4.79 Å². The Morgan fingerprint density at radius 3 is 3.11 bits per heavy atom. The summed E-state index contributed by atoms with van der Waals surface area (Å²) in [7, 11) is 0. The fourth-order valence-electron chi connectivity index (χ4n) is 1.28. The number of hydrazone groups is 1. The molecule has 6 heteroatoms. The summed E-state index contributed by atoms with van der Waals surface area (Å²) in [6, 6.07) is 7.40. The molecular formula is C13H13N3O2S. The standard InChI is InChI=1S/C13H13N3O2S/c1-10-5-7-18-11(10)8-15-16-12(17)9-19-13-4-2-3-6-14-13/h2-8H,9H2,1H3,(H,16,17)/b15-8+. The summed E-state index contributed by atoms with van der Waals surface area (Å²) in [6.07, 6.45) is 4.76. The number of nitrogens with zero attached hydrogens (tertiary/aromatic N) is 2. The number of thioether (sulfide) groups is 1. The molecule has 2 rings (SSSR count). The molecule has 0 spiro atoms. The Bertz CT molecular complexity index is 566. The molecule has 0 aliphatic rings. The van der Waals surface area contributed by atoms with Crippen LogP contribution >= 0.6 is 11.8 Å². The number of carbonyl (C=O) groups is 1. The van der Waals surface area contributed by atoms with Crippen LogP contribution in [0.4, 0.5) is 0 Å². The van der Waals surface area contributed by atoms with Crippen molar-refractivity contribution in [3.8, 4) is 0 Å². The van der Waals surface area contributed by atoms with Gasteiger partial charge in [0.2, 0.25) is 5.91 Å². The van der Waals surface area contributed by atoms with E-state index in [1.165, 1.54) is 18.0 Å². The quantitative estimate of drug-likeness (QED) is 0.516. The van der Waals surface area contributed by atoms with Crippen molar-refractivity contribution in [3.63, 3.8) is 0 Å². The first kappa shape index (κ1) is 13.4. The Balaban J connectivity index is 1.76. The molecule has 5 nitrogen and oxygen atoms in total. The first-order valence-corrected chi connectivity index (χ1v) is 6.64. The zero-order chi connectivity index (χ0) is 13.5. The van der Waals surface area contributed by atoms with Crippen LogP contribution in [0.15, 0.2) is 51.3 Å². The predicted octanol–water partition coefficient (Wildman–Crippen LogP) is 2.23. The number of furan rings is 1. The molecule has 0 aliphatic heterocycles. The second kappa shape index (κ2) is 6.75. The van der Waals surface area contributed by atoms with Gasteiger partial charge in [0.25, 0.3) is 0 Å². The van der Waals surface area contributed by atoms with Crippen LogP contribution in [0.3, 0.4) is 0 Å². The fourth-order valence-corrected chi connectivity index (χ4v) is 1.94. The van der Waals surface area contributed by atoms with Crippen LogP contribution in [-0.2, 0) is 4.79 Å². The molecule has 0 atom stereocenters. The topological polar surface area (TPSA) is 67.5 Å². The average Bonchev–Trinajstić information content (AvgIpc) is 2.83. The van der Waals surface area contributed by atoms with Gasteiger partial charge in [-0.15, -0.1) is 0 Å². The minimum atomic E-state index is -0.184. The number of rotatable bonds is 5. The van der Waals surface area contributed by atoms with Crippen molar-refractivity contribution in [1.82, 2.24) is 10.4 Å². The molecule has 2 heterocycles. The van der Waals surface area contributed by atoms with E-state index in [0.717, 1.165) is 10.6 Å². The van der Waals surface area contributed by atoms with Crippen LogP contribution in [0.5, 0.6) is 0 Å². The van der Waals surface area contributed by atoms with Crippen LogP contribution in [-0.4, -0.2) is 22.9 Å². The van der Waals surface area contributed by atoms with Crippen LogP contribution in [0.1, 0.15) is 11.3 Å². The van der Waals surface area contributed by atoms with Crippen molar-refractivity contribution in [3.05, 3.63) is 48.0 Å². The molecule has 0 aliphatic carbocycles. The largest absolute Gasteiger partial charge is 0.463 e. The van der Waals surface area contributed by atoms with E-state index < -0.39 is 0 Å². The fraction of sp³-hybridized carbons (Fsp3) is 0.154. The molecule has 19 heavy (non-hydrogen) atoms. The summed E-state index contributed by atoms with van der Waals surface area (Å²) in [5.74, 6) is 0.722. The summed E-state index contributed by atoms with van der Waals surface area (Å²) in [5, 5.41) is 4.64. The molecule has 0 radical (unpaired) electrons. The number of hydrogen-bond acceptors (Lipinski definition) is 5. The maximum atomic E-state index is 11.5. The number of aromatic nitrogens is 1. The maximum Gasteiger partial charge on any atom is 0.250 e. The van der Waals surface area contributed by atoms with Gasteiger partial charge in [0.1, 0.15) is 5.76 Å². The van der Waals surface area contributed by atoms with Crippen LogP contribution in [0.25, 0.3) is 0 Å². The minimum Gasteiger partial charge on any atom is -0.463 e. The zero-order valence-electron chi connectivity index (χ0n) is 10.4. The summed E-state index contributed by atoms with van der Waals surface area (Å²) in [6.45, 7) is 1.91. The van der Waals surface area contributed by atoms with Crippen molar-refractivity contribution < 1.29 is 9.21 Å². The Morgan fingerprint density at radius 1 is 1.53 bits per heavy atom. The highest BCUT2D eigenvalue weighted by Crippen LogP contribution is 2.12. The SMILES string of the molecule is Cc1ccoc1/C=N/NC(=O)CSc1ccccn1. The normalized spacial score (nSPS) is 10.8. The Morgan fingerprint density at radius 2 is 2.42 bits per heavy atom. The van der Waals surface area contributed by atoms with E-state index in [2.05, 4.69) is 15.5 Å². The number of aryl methyl sites for hydroxylation is 1.